The Morgan fingerprint density at radius 1 is 1.24 bits per heavy atom. The van der Waals surface area contributed by atoms with Gasteiger partial charge in [-0.05, 0) is 25.3 Å². The second-order valence-corrected chi connectivity index (χ2v) is 8.15. The zero-order valence-electron chi connectivity index (χ0n) is 15.4. The molecule has 6 heteroatoms. The van der Waals surface area contributed by atoms with E-state index in [0.717, 1.165) is 38.6 Å². The Labute approximate surface area is 149 Å². The van der Waals surface area contributed by atoms with Crippen molar-refractivity contribution in [2.75, 3.05) is 11.9 Å². The molecule has 1 aromatic rings. The summed E-state index contributed by atoms with van der Waals surface area (Å²) in [5.74, 6) is 1.27. The lowest BCUT2D eigenvalue weighted by Gasteiger charge is -2.37. The summed E-state index contributed by atoms with van der Waals surface area (Å²) in [5, 5.41) is 2.96. The number of carbonyl (C=O) groups is 2. The van der Waals surface area contributed by atoms with Crippen LogP contribution in [0.4, 0.5) is 5.82 Å². The Morgan fingerprint density at radius 2 is 2.00 bits per heavy atom. The lowest BCUT2D eigenvalue weighted by Crippen LogP contribution is -2.47. The van der Waals surface area contributed by atoms with Crippen molar-refractivity contribution in [3.63, 3.8) is 0 Å². The molecule has 2 amide bonds. The van der Waals surface area contributed by atoms with Crippen molar-refractivity contribution in [3.05, 3.63) is 18.1 Å². The minimum atomic E-state index is -0.171. The summed E-state index contributed by atoms with van der Waals surface area (Å²) in [7, 11) is 0. The zero-order chi connectivity index (χ0) is 18.0. The molecule has 136 valence electrons. The highest BCUT2D eigenvalue weighted by molar-refractivity contribution is 5.92. The first-order chi connectivity index (χ1) is 11.9. The van der Waals surface area contributed by atoms with E-state index in [1.807, 2.05) is 25.7 Å². The summed E-state index contributed by atoms with van der Waals surface area (Å²) in [6, 6.07) is 1.76. The number of likely N-dealkylation sites (tertiary alicyclic amines) is 1. The van der Waals surface area contributed by atoms with E-state index in [4.69, 9.17) is 0 Å². The molecule has 0 radical (unpaired) electrons. The van der Waals surface area contributed by atoms with Crippen molar-refractivity contribution in [3.8, 4) is 0 Å². The number of amides is 2. The minimum Gasteiger partial charge on any atom is -0.339 e. The predicted octanol–water partition coefficient (Wildman–Crippen LogP) is 2.89. The van der Waals surface area contributed by atoms with Crippen LogP contribution in [0.5, 0.6) is 0 Å². The van der Waals surface area contributed by atoms with E-state index < -0.39 is 0 Å². The second kappa shape index (κ2) is 7.10. The lowest BCUT2D eigenvalue weighted by molar-refractivity contribution is -0.133. The van der Waals surface area contributed by atoms with Gasteiger partial charge in [0.1, 0.15) is 11.6 Å². The average Bonchev–Trinajstić information content (AvgIpc) is 3.00. The first-order valence-corrected chi connectivity index (χ1v) is 9.30. The first-order valence-electron chi connectivity index (χ1n) is 9.30. The number of aromatic nitrogens is 2. The van der Waals surface area contributed by atoms with Gasteiger partial charge in [-0.1, -0.05) is 33.6 Å². The van der Waals surface area contributed by atoms with Crippen molar-refractivity contribution in [1.29, 1.82) is 0 Å². The van der Waals surface area contributed by atoms with Crippen LogP contribution >= 0.6 is 0 Å². The van der Waals surface area contributed by atoms with Crippen molar-refractivity contribution in [2.24, 2.45) is 5.92 Å². The SMILES string of the molecule is CC(C)(C)c1nccc(NC(=O)[C@@H]2CCCC[C@@H]2N2CCCC2=O)n1. The first kappa shape index (κ1) is 17.8. The summed E-state index contributed by atoms with van der Waals surface area (Å²) in [4.78, 5) is 35.8. The van der Waals surface area contributed by atoms with E-state index in [1.54, 1.807) is 12.3 Å². The van der Waals surface area contributed by atoms with E-state index in [2.05, 4.69) is 15.3 Å². The highest BCUT2D eigenvalue weighted by atomic mass is 16.2. The van der Waals surface area contributed by atoms with E-state index in [-0.39, 0.29) is 29.2 Å². The number of nitrogens with one attached hydrogen (secondary N) is 1. The van der Waals surface area contributed by atoms with Crippen LogP contribution in [0, 0.1) is 5.92 Å². The van der Waals surface area contributed by atoms with Gasteiger partial charge in [-0.15, -0.1) is 0 Å². The topological polar surface area (TPSA) is 75.2 Å². The maximum absolute atomic E-state index is 12.9. The maximum Gasteiger partial charge on any atom is 0.230 e. The van der Waals surface area contributed by atoms with Gasteiger partial charge in [-0.2, -0.15) is 0 Å². The Kier molecular flexibility index (Phi) is 5.06. The van der Waals surface area contributed by atoms with Gasteiger partial charge in [0, 0.05) is 30.6 Å². The fraction of sp³-hybridized carbons (Fsp3) is 0.684. The normalized spacial score (nSPS) is 24.4. The summed E-state index contributed by atoms with van der Waals surface area (Å²) >= 11 is 0. The van der Waals surface area contributed by atoms with Crippen LogP contribution in [0.1, 0.15) is 65.1 Å². The highest BCUT2D eigenvalue weighted by Gasteiger charge is 2.38. The van der Waals surface area contributed by atoms with Gasteiger partial charge in [0.05, 0.1) is 5.92 Å². The summed E-state index contributed by atoms with van der Waals surface area (Å²) in [6.07, 6.45) is 7.08. The lowest BCUT2D eigenvalue weighted by atomic mass is 9.83. The molecule has 3 rings (SSSR count). The monoisotopic (exact) mass is 344 g/mol. The summed E-state index contributed by atoms with van der Waals surface area (Å²) in [5.41, 5.74) is -0.171. The number of carbonyl (C=O) groups excluding carboxylic acids is 2. The Balaban J connectivity index is 1.74. The van der Waals surface area contributed by atoms with Gasteiger partial charge in [0.25, 0.3) is 0 Å². The van der Waals surface area contributed by atoms with Crippen molar-refractivity contribution in [1.82, 2.24) is 14.9 Å². The van der Waals surface area contributed by atoms with Crippen molar-refractivity contribution in [2.45, 2.75) is 70.8 Å². The Morgan fingerprint density at radius 3 is 2.68 bits per heavy atom. The van der Waals surface area contributed by atoms with Gasteiger partial charge >= 0.3 is 0 Å². The third-order valence-electron chi connectivity index (χ3n) is 5.15. The predicted molar refractivity (Wildman–Crippen MR) is 96.1 cm³/mol. The van der Waals surface area contributed by atoms with Crippen LogP contribution in [-0.4, -0.2) is 39.3 Å². The van der Waals surface area contributed by atoms with E-state index >= 15 is 0 Å². The molecule has 25 heavy (non-hydrogen) atoms. The quantitative estimate of drug-likeness (QED) is 0.915. The van der Waals surface area contributed by atoms with Crippen LogP contribution in [0.2, 0.25) is 0 Å². The van der Waals surface area contributed by atoms with Crippen LogP contribution in [0.15, 0.2) is 12.3 Å². The molecule has 1 aromatic heterocycles. The molecule has 0 bridgehead atoms. The molecule has 0 spiro atoms. The van der Waals surface area contributed by atoms with Gasteiger partial charge in [-0.25, -0.2) is 9.97 Å². The average molecular weight is 344 g/mol. The molecule has 2 heterocycles. The van der Waals surface area contributed by atoms with Gasteiger partial charge in [0.2, 0.25) is 11.8 Å². The van der Waals surface area contributed by atoms with Crippen LogP contribution in [-0.2, 0) is 15.0 Å². The van der Waals surface area contributed by atoms with Gasteiger partial charge < -0.3 is 10.2 Å². The summed E-state index contributed by atoms with van der Waals surface area (Å²) < 4.78 is 0. The smallest absolute Gasteiger partial charge is 0.230 e. The maximum atomic E-state index is 12.9. The molecule has 2 atom stereocenters. The fourth-order valence-electron chi connectivity index (χ4n) is 3.82. The third-order valence-corrected chi connectivity index (χ3v) is 5.15. The Bertz CT molecular complexity index is 653. The van der Waals surface area contributed by atoms with Gasteiger partial charge in [0.15, 0.2) is 0 Å². The molecule has 6 nitrogen and oxygen atoms in total. The molecular weight excluding hydrogens is 316 g/mol. The largest absolute Gasteiger partial charge is 0.339 e. The molecule has 1 aliphatic carbocycles. The van der Waals surface area contributed by atoms with E-state index in [1.165, 1.54) is 0 Å². The number of anilines is 1. The standard InChI is InChI=1S/C19H28N4O2/c1-19(2,3)18-20-11-10-15(22-18)21-17(25)13-7-4-5-8-14(13)23-12-6-9-16(23)24/h10-11,13-14H,4-9,12H2,1-3H3,(H,20,21,22,25)/t13-,14+/m1/s1. The number of hydrogen-bond donors (Lipinski definition) is 1. The number of nitrogens with zero attached hydrogens (tertiary/aromatic N) is 3. The van der Waals surface area contributed by atoms with E-state index in [0.29, 0.717) is 18.1 Å². The number of hydrogen-bond acceptors (Lipinski definition) is 4. The highest BCUT2D eigenvalue weighted by Crippen LogP contribution is 2.32. The van der Waals surface area contributed by atoms with Crippen molar-refractivity contribution < 1.29 is 9.59 Å². The molecule has 1 aliphatic heterocycles. The van der Waals surface area contributed by atoms with Gasteiger partial charge in [-0.3, -0.25) is 9.59 Å². The zero-order valence-corrected chi connectivity index (χ0v) is 15.4. The third kappa shape index (κ3) is 3.99. The molecule has 1 saturated heterocycles. The number of rotatable bonds is 3. The molecule has 1 N–H and O–H groups in total. The molecule has 1 saturated carbocycles. The Hall–Kier alpha value is -1.98. The van der Waals surface area contributed by atoms with Crippen molar-refractivity contribution >= 4 is 17.6 Å². The molecule has 2 aliphatic rings. The van der Waals surface area contributed by atoms with E-state index in [9.17, 15) is 9.59 Å². The minimum absolute atomic E-state index is 0.0250. The second-order valence-electron chi connectivity index (χ2n) is 8.15. The van der Waals surface area contributed by atoms with Crippen LogP contribution in [0.25, 0.3) is 0 Å². The fourth-order valence-corrected chi connectivity index (χ4v) is 3.82. The molecule has 0 aromatic carbocycles. The summed E-state index contributed by atoms with van der Waals surface area (Å²) in [6.45, 7) is 6.92. The van der Waals surface area contributed by atoms with Crippen LogP contribution in [0.3, 0.4) is 0 Å². The molecule has 0 unspecified atom stereocenters. The molecule has 2 fully saturated rings. The van der Waals surface area contributed by atoms with Crippen LogP contribution < -0.4 is 5.32 Å². The molecular formula is C19H28N4O2.